The van der Waals surface area contributed by atoms with Crippen LogP contribution >= 0.6 is 15.9 Å². The van der Waals surface area contributed by atoms with Crippen molar-refractivity contribution < 1.29 is 28.5 Å². The minimum Gasteiger partial charge on any atom is -0.490 e. The molecule has 0 radical (unpaired) electrons. The average Bonchev–Trinajstić information content (AvgIpc) is 2.62. The van der Waals surface area contributed by atoms with Crippen LogP contribution in [0.5, 0.6) is 11.5 Å². The van der Waals surface area contributed by atoms with E-state index >= 15 is 0 Å². The monoisotopic (exact) mass is 436 g/mol. The van der Waals surface area contributed by atoms with Gasteiger partial charge in [0.25, 0.3) is 0 Å². The SMILES string of the molecule is COCCOc1ccc(C(=O)Oc2cccc(C(=O)OC(C)C)c2)cc1Br. The van der Waals surface area contributed by atoms with Gasteiger partial charge in [0, 0.05) is 7.11 Å². The highest BCUT2D eigenvalue weighted by Crippen LogP contribution is 2.27. The van der Waals surface area contributed by atoms with E-state index in [1.807, 2.05) is 0 Å². The predicted octanol–water partition coefficient (Wildman–Crippen LogP) is 4.26. The van der Waals surface area contributed by atoms with Crippen molar-refractivity contribution >= 4 is 27.9 Å². The maximum Gasteiger partial charge on any atom is 0.343 e. The number of halogens is 1. The molecule has 0 N–H and O–H groups in total. The Morgan fingerprint density at radius 2 is 1.74 bits per heavy atom. The zero-order valence-corrected chi connectivity index (χ0v) is 16.9. The third kappa shape index (κ3) is 6.37. The quantitative estimate of drug-likeness (QED) is 0.349. The van der Waals surface area contributed by atoms with Crippen molar-refractivity contribution in [3.05, 3.63) is 58.1 Å². The first-order valence-corrected chi connectivity index (χ1v) is 9.14. The Kier molecular flexibility index (Phi) is 7.82. The van der Waals surface area contributed by atoms with Crippen LogP contribution in [-0.2, 0) is 9.47 Å². The lowest BCUT2D eigenvalue weighted by atomic mass is 10.2. The highest BCUT2D eigenvalue weighted by Gasteiger charge is 2.14. The van der Waals surface area contributed by atoms with E-state index in [0.29, 0.717) is 34.6 Å². The van der Waals surface area contributed by atoms with Crippen LogP contribution in [-0.4, -0.2) is 38.4 Å². The van der Waals surface area contributed by atoms with Gasteiger partial charge in [-0.15, -0.1) is 0 Å². The molecular formula is C20H21BrO6. The molecule has 144 valence electrons. The number of carbonyl (C=O) groups is 2. The first-order chi connectivity index (χ1) is 12.9. The number of hydrogen-bond donors (Lipinski definition) is 0. The molecule has 6 nitrogen and oxygen atoms in total. The Hall–Kier alpha value is -2.38. The summed E-state index contributed by atoms with van der Waals surface area (Å²) < 4.78 is 21.6. The molecule has 0 aromatic heterocycles. The van der Waals surface area contributed by atoms with Gasteiger partial charge in [-0.3, -0.25) is 0 Å². The molecule has 0 unspecified atom stereocenters. The molecule has 0 aliphatic carbocycles. The van der Waals surface area contributed by atoms with E-state index in [4.69, 9.17) is 18.9 Å². The fourth-order valence-electron chi connectivity index (χ4n) is 2.11. The summed E-state index contributed by atoms with van der Waals surface area (Å²) in [6, 6.07) is 11.2. The lowest BCUT2D eigenvalue weighted by Gasteiger charge is -2.10. The molecule has 0 amide bonds. The summed E-state index contributed by atoms with van der Waals surface area (Å²) in [5, 5.41) is 0. The smallest absolute Gasteiger partial charge is 0.343 e. The molecule has 0 aliphatic rings. The number of benzene rings is 2. The summed E-state index contributed by atoms with van der Waals surface area (Å²) in [6.07, 6.45) is -0.231. The van der Waals surface area contributed by atoms with Crippen molar-refractivity contribution in [3.8, 4) is 11.5 Å². The van der Waals surface area contributed by atoms with E-state index in [-0.39, 0.29) is 11.9 Å². The first kappa shape index (κ1) is 20.9. The summed E-state index contributed by atoms with van der Waals surface area (Å²) >= 11 is 3.37. The topological polar surface area (TPSA) is 71.1 Å². The van der Waals surface area contributed by atoms with Gasteiger partial charge in [-0.2, -0.15) is 0 Å². The van der Waals surface area contributed by atoms with Gasteiger partial charge in [0.05, 0.1) is 28.3 Å². The third-order valence-corrected chi connectivity index (χ3v) is 3.96. The second-order valence-electron chi connectivity index (χ2n) is 5.86. The number of hydrogen-bond acceptors (Lipinski definition) is 6. The van der Waals surface area contributed by atoms with Gasteiger partial charge in [0.2, 0.25) is 0 Å². The molecule has 0 aliphatic heterocycles. The largest absolute Gasteiger partial charge is 0.490 e. The van der Waals surface area contributed by atoms with Gasteiger partial charge in [-0.05, 0) is 66.2 Å². The standard InChI is InChI=1S/C20H21BrO6/c1-13(2)26-19(22)14-5-4-6-16(11-14)27-20(23)15-7-8-18(17(21)12-15)25-10-9-24-3/h4-8,11-13H,9-10H2,1-3H3. The van der Waals surface area contributed by atoms with Crippen LogP contribution in [0.4, 0.5) is 0 Å². The predicted molar refractivity (Wildman–Crippen MR) is 103 cm³/mol. The van der Waals surface area contributed by atoms with Gasteiger partial charge in [0.15, 0.2) is 0 Å². The van der Waals surface area contributed by atoms with Crippen LogP contribution in [0.25, 0.3) is 0 Å². The minimum atomic E-state index is -0.548. The summed E-state index contributed by atoms with van der Waals surface area (Å²) in [4.78, 5) is 24.3. The van der Waals surface area contributed by atoms with E-state index < -0.39 is 11.9 Å². The maximum absolute atomic E-state index is 12.4. The number of rotatable bonds is 8. The van der Waals surface area contributed by atoms with Crippen LogP contribution in [0.1, 0.15) is 34.6 Å². The number of methoxy groups -OCH3 is 1. The highest BCUT2D eigenvalue weighted by atomic mass is 79.9. The second-order valence-corrected chi connectivity index (χ2v) is 6.71. The van der Waals surface area contributed by atoms with E-state index in [0.717, 1.165) is 0 Å². The van der Waals surface area contributed by atoms with Crippen LogP contribution < -0.4 is 9.47 Å². The molecule has 0 atom stereocenters. The van der Waals surface area contributed by atoms with Gasteiger partial charge in [-0.1, -0.05) is 6.07 Å². The lowest BCUT2D eigenvalue weighted by molar-refractivity contribution is 0.0376. The molecule has 0 bridgehead atoms. The Morgan fingerprint density at radius 1 is 1.00 bits per heavy atom. The lowest BCUT2D eigenvalue weighted by Crippen LogP contribution is -2.13. The van der Waals surface area contributed by atoms with Crippen molar-refractivity contribution in [1.82, 2.24) is 0 Å². The van der Waals surface area contributed by atoms with Crippen LogP contribution in [0, 0.1) is 0 Å². The number of ether oxygens (including phenoxy) is 4. The molecule has 0 saturated carbocycles. The molecule has 0 fully saturated rings. The Labute approximate surface area is 166 Å². The number of esters is 2. The fourth-order valence-corrected chi connectivity index (χ4v) is 2.61. The number of carbonyl (C=O) groups excluding carboxylic acids is 2. The summed E-state index contributed by atoms with van der Waals surface area (Å²) in [7, 11) is 1.59. The molecule has 7 heteroatoms. The van der Waals surface area contributed by atoms with E-state index in [1.54, 1.807) is 57.4 Å². The van der Waals surface area contributed by atoms with Gasteiger partial charge < -0.3 is 18.9 Å². The Balaban J connectivity index is 2.06. The fraction of sp³-hybridized carbons (Fsp3) is 0.300. The van der Waals surface area contributed by atoms with Gasteiger partial charge in [-0.25, -0.2) is 9.59 Å². The van der Waals surface area contributed by atoms with Crippen LogP contribution in [0.15, 0.2) is 46.9 Å². The molecule has 2 aromatic rings. The molecule has 2 rings (SSSR count). The molecule has 0 heterocycles. The summed E-state index contributed by atoms with van der Waals surface area (Å²) in [5.41, 5.74) is 0.660. The van der Waals surface area contributed by atoms with Crippen molar-refractivity contribution in [2.24, 2.45) is 0 Å². The molecule has 27 heavy (non-hydrogen) atoms. The van der Waals surface area contributed by atoms with Crippen molar-refractivity contribution in [2.45, 2.75) is 20.0 Å². The van der Waals surface area contributed by atoms with Crippen LogP contribution in [0.2, 0.25) is 0 Å². The van der Waals surface area contributed by atoms with Crippen molar-refractivity contribution in [1.29, 1.82) is 0 Å². The second kappa shape index (κ2) is 10.1. The first-order valence-electron chi connectivity index (χ1n) is 8.35. The van der Waals surface area contributed by atoms with E-state index in [9.17, 15) is 9.59 Å². The third-order valence-electron chi connectivity index (χ3n) is 3.34. The van der Waals surface area contributed by atoms with Crippen molar-refractivity contribution in [3.63, 3.8) is 0 Å². The average molecular weight is 437 g/mol. The summed E-state index contributed by atoms with van der Waals surface area (Å²) in [5.74, 6) is -0.159. The molecule has 0 spiro atoms. The molecule has 0 saturated heterocycles. The Morgan fingerprint density at radius 3 is 2.41 bits per heavy atom. The minimum absolute atomic E-state index is 0.231. The van der Waals surface area contributed by atoms with E-state index in [2.05, 4.69) is 15.9 Å². The highest BCUT2D eigenvalue weighted by molar-refractivity contribution is 9.10. The normalized spacial score (nSPS) is 10.6. The van der Waals surface area contributed by atoms with Crippen molar-refractivity contribution in [2.75, 3.05) is 20.3 Å². The van der Waals surface area contributed by atoms with Gasteiger partial charge in [0.1, 0.15) is 18.1 Å². The van der Waals surface area contributed by atoms with E-state index in [1.165, 1.54) is 6.07 Å². The molecular weight excluding hydrogens is 416 g/mol. The zero-order valence-electron chi connectivity index (χ0n) is 15.4. The zero-order chi connectivity index (χ0) is 19.8. The maximum atomic E-state index is 12.4. The van der Waals surface area contributed by atoms with Gasteiger partial charge >= 0.3 is 11.9 Å². The molecule has 2 aromatic carbocycles. The van der Waals surface area contributed by atoms with Crippen LogP contribution in [0.3, 0.4) is 0 Å². The summed E-state index contributed by atoms with van der Waals surface area (Å²) in [6.45, 7) is 4.40. The Bertz CT molecular complexity index is 803.